The maximum atomic E-state index is 12.3. The van der Waals surface area contributed by atoms with Gasteiger partial charge in [0.25, 0.3) is 0 Å². The average Bonchev–Trinajstić information content (AvgIpc) is 2.54. The summed E-state index contributed by atoms with van der Waals surface area (Å²) in [5, 5.41) is 9.29. The molecular weight excluding hydrogens is 300 g/mol. The van der Waals surface area contributed by atoms with Crippen molar-refractivity contribution < 1.29 is 4.79 Å². The van der Waals surface area contributed by atoms with E-state index >= 15 is 0 Å². The maximum Gasteiger partial charge on any atom is 0.227 e. The molecule has 1 fully saturated rings. The summed E-state index contributed by atoms with van der Waals surface area (Å²) in [6.07, 6.45) is 2.03. The summed E-state index contributed by atoms with van der Waals surface area (Å²) in [5.41, 5.74) is 1.24. The predicted octanol–water partition coefficient (Wildman–Crippen LogP) is 2.98. The van der Waals surface area contributed by atoms with Gasteiger partial charge < -0.3 is 9.80 Å². The number of carbonyl (C=O) groups excluding carboxylic acids is 1. The van der Waals surface area contributed by atoms with Crippen LogP contribution in [0.15, 0.2) is 12.1 Å². The Kier molecular flexibility index (Phi) is 5.48. The van der Waals surface area contributed by atoms with Gasteiger partial charge in [-0.05, 0) is 37.8 Å². The lowest BCUT2D eigenvalue weighted by atomic mass is 9.92. The molecule has 1 aromatic heterocycles. The molecule has 1 aliphatic rings. The van der Waals surface area contributed by atoms with Crippen LogP contribution in [0.1, 0.15) is 44.9 Å². The molecule has 1 aromatic rings. The quantitative estimate of drug-likeness (QED) is 0.856. The molecule has 5 nitrogen and oxygen atoms in total. The molecule has 130 valence electrons. The van der Waals surface area contributed by atoms with Crippen LogP contribution in [0.5, 0.6) is 0 Å². The van der Waals surface area contributed by atoms with E-state index in [-0.39, 0.29) is 11.3 Å². The number of amides is 1. The molecule has 1 aliphatic heterocycles. The van der Waals surface area contributed by atoms with E-state index in [1.807, 2.05) is 51.8 Å². The minimum atomic E-state index is -0.331. The summed E-state index contributed by atoms with van der Waals surface area (Å²) in [6.45, 7) is 10.4. The minimum Gasteiger partial charge on any atom is -0.355 e. The first-order chi connectivity index (χ1) is 11.2. The van der Waals surface area contributed by atoms with Crippen LogP contribution in [-0.4, -0.2) is 42.5 Å². The predicted molar refractivity (Wildman–Crippen MR) is 95.7 cm³/mol. The van der Waals surface area contributed by atoms with E-state index in [1.165, 1.54) is 0 Å². The number of nitriles is 1. The van der Waals surface area contributed by atoms with Crippen molar-refractivity contribution >= 4 is 11.7 Å². The van der Waals surface area contributed by atoms with Crippen molar-refractivity contribution in [2.24, 2.45) is 11.3 Å². The van der Waals surface area contributed by atoms with E-state index in [1.54, 1.807) is 0 Å². The second-order valence-electron chi connectivity index (χ2n) is 7.80. The molecule has 0 N–H and O–H groups in total. The van der Waals surface area contributed by atoms with Crippen molar-refractivity contribution in [1.29, 1.82) is 5.26 Å². The largest absolute Gasteiger partial charge is 0.355 e. The zero-order chi connectivity index (χ0) is 17.9. The summed E-state index contributed by atoms with van der Waals surface area (Å²) < 4.78 is 0. The number of piperidine rings is 1. The first-order valence-corrected chi connectivity index (χ1v) is 8.60. The van der Waals surface area contributed by atoms with Gasteiger partial charge in [-0.15, -0.1) is 0 Å². The summed E-state index contributed by atoms with van der Waals surface area (Å²) in [6, 6.07) is 5.96. The first kappa shape index (κ1) is 18.3. The third kappa shape index (κ3) is 4.25. The van der Waals surface area contributed by atoms with E-state index in [0.29, 0.717) is 11.5 Å². The van der Waals surface area contributed by atoms with E-state index < -0.39 is 0 Å². The van der Waals surface area contributed by atoms with E-state index in [0.717, 1.165) is 44.0 Å². The molecule has 0 spiro atoms. The highest BCUT2D eigenvalue weighted by Gasteiger charge is 2.28. The van der Waals surface area contributed by atoms with Crippen molar-refractivity contribution in [3.63, 3.8) is 0 Å². The Morgan fingerprint density at radius 2 is 2.00 bits per heavy atom. The Morgan fingerprint density at radius 3 is 2.54 bits per heavy atom. The summed E-state index contributed by atoms with van der Waals surface area (Å²) in [5.74, 6) is 1.50. The van der Waals surface area contributed by atoms with Gasteiger partial charge in [-0.3, -0.25) is 4.79 Å². The standard InChI is InChI=1S/C19H28N4O/c1-14-6-7-16(12-20)17(21-14)23-10-8-15(9-11-23)13-22(5)18(24)19(2,3)4/h6-7,15H,8-11,13H2,1-5H3. The molecule has 24 heavy (non-hydrogen) atoms. The Balaban J connectivity index is 1.96. The number of hydrogen-bond donors (Lipinski definition) is 0. The van der Waals surface area contributed by atoms with Crippen molar-refractivity contribution in [3.05, 3.63) is 23.4 Å². The van der Waals surface area contributed by atoms with Gasteiger partial charge in [0.2, 0.25) is 5.91 Å². The van der Waals surface area contributed by atoms with E-state index in [4.69, 9.17) is 0 Å². The zero-order valence-electron chi connectivity index (χ0n) is 15.5. The Bertz CT molecular complexity index is 634. The van der Waals surface area contributed by atoms with Crippen molar-refractivity contribution in [1.82, 2.24) is 9.88 Å². The molecular formula is C19H28N4O. The Morgan fingerprint density at radius 1 is 1.38 bits per heavy atom. The number of nitrogens with zero attached hydrogens (tertiary/aromatic N) is 4. The highest BCUT2D eigenvalue weighted by molar-refractivity contribution is 5.81. The van der Waals surface area contributed by atoms with Crippen molar-refractivity contribution in [3.8, 4) is 6.07 Å². The number of aryl methyl sites for hydroxylation is 1. The van der Waals surface area contributed by atoms with Crippen molar-refractivity contribution in [2.45, 2.75) is 40.5 Å². The molecule has 0 aliphatic carbocycles. The summed E-state index contributed by atoms with van der Waals surface area (Å²) in [4.78, 5) is 20.9. The van der Waals surface area contributed by atoms with Gasteiger partial charge in [0.05, 0.1) is 5.56 Å². The Labute approximate surface area is 145 Å². The topological polar surface area (TPSA) is 60.2 Å². The van der Waals surface area contributed by atoms with Crippen LogP contribution >= 0.6 is 0 Å². The lowest BCUT2D eigenvalue weighted by molar-refractivity contribution is -0.138. The lowest BCUT2D eigenvalue weighted by Gasteiger charge is -2.36. The number of hydrogen-bond acceptors (Lipinski definition) is 4. The van der Waals surface area contributed by atoms with Crippen LogP contribution in [0, 0.1) is 29.6 Å². The van der Waals surface area contributed by atoms with Crippen LogP contribution in [0.25, 0.3) is 0 Å². The van der Waals surface area contributed by atoms with Crippen LogP contribution in [0.4, 0.5) is 5.82 Å². The van der Waals surface area contributed by atoms with Crippen LogP contribution in [0.2, 0.25) is 0 Å². The molecule has 1 saturated heterocycles. The molecule has 0 radical (unpaired) electrons. The zero-order valence-corrected chi connectivity index (χ0v) is 15.5. The first-order valence-electron chi connectivity index (χ1n) is 8.60. The fourth-order valence-electron chi connectivity index (χ4n) is 3.24. The number of pyridine rings is 1. The third-order valence-corrected chi connectivity index (χ3v) is 4.57. The molecule has 1 amide bonds. The minimum absolute atomic E-state index is 0.192. The van der Waals surface area contributed by atoms with Gasteiger partial charge in [-0.1, -0.05) is 20.8 Å². The maximum absolute atomic E-state index is 12.3. The molecule has 5 heteroatoms. The second-order valence-corrected chi connectivity index (χ2v) is 7.80. The lowest BCUT2D eigenvalue weighted by Crippen LogP contribution is -2.43. The van der Waals surface area contributed by atoms with E-state index in [9.17, 15) is 10.1 Å². The van der Waals surface area contributed by atoms with Crippen LogP contribution in [0.3, 0.4) is 0 Å². The number of carbonyl (C=O) groups is 1. The number of aromatic nitrogens is 1. The molecule has 0 unspecified atom stereocenters. The Hall–Kier alpha value is -2.09. The van der Waals surface area contributed by atoms with Crippen LogP contribution < -0.4 is 4.90 Å². The average molecular weight is 328 g/mol. The smallest absolute Gasteiger partial charge is 0.227 e. The number of anilines is 1. The van der Waals surface area contributed by atoms with E-state index in [2.05, 4.69) is 16.0 Å². The second kappa shape index (κ2) is 7.21. The fourth-order valence-corrected chi connectivity index (χ4v) is 3.24. The fraction of sp³-hybridized carbons (Fsp3) is 0.632. The van der Waals surface area contributed by atoms with Gasteiger partial charge >= 0.3 is 0 Å². The molecule has 2 heterocycles. The van der Waals surface area contributed by atoms with Gasteiger partial charge in [0.15, 0.2) is 0 Å². The SMILES string of the molecule is Cc1ccc(C#N)c(N2CCC(CN(C)C(=O)C(C)(C)C)CC2)n1. The monoisotopic (exact) mass is 328 g/mol. The number of rotatable bonds is 3. The van der Waals surface area contributed by atoms with Gasteiger partial charge in [-0.25, -0.2) is 4.98 Å². The molecule has 0 saturated carbocycles. The molecule has 0 atom stereocenters. The molecule has 0 aromatic carbocycles. The van der Waals surface area contributed by atoms with Gasteiger partial charge in [0.1, 0.15) is 11.9 Å². The normalized spacial score (nSPS) is 15.9. The van der Waals surface area contributed by atoms with Gasteiger partial charge in [-0.2, -0.15) is 5.26 Å². The summed E-state index contributed by atoms with van der Waals surface area (Å²) in [7, 11) is 1.90. The third-order valence-electron chi connectivity index (χ3n) is 4.57. The highest BCUT2D eigenvalue weighted by atomic mass is 16.2. The highest BCUT2D eigenvalue weighted by Crippen LogP contribution is 2.26. The van der Waals surface area contributed by atoms with Gasteiger partial charge in [0, 0.05) is 37.8 Å². The molecule has 2 rings (SSSR count). The molecule has 0 bridgehead atoms. The van der Waals surface area contributed by atoms with Crippen molar-refractivity contribution in [2.75, 3.05) is 31.6 Å². The summed E-state index contributed by atoms with van der Waals surface area (Å²) >= 11 is 0. The van der Waals surface area contributed by atoms with Crippen LogP contribution in [-0.2, 0) is 4.79 Å².